The lowest BCUT2D eigenvalue weighted by atomic mass is 9.90. The summed E-state index contributed by atoms with van der Waals surface area (Å²) in [6, 6.07) is 4.48. The minimum absolute atomic E-state index is 0.0622. The molecule has 1 fully saturated rings. The molecule has 1 saturated carbocycles. The molecule has 4 heterocycles. The lowest BCUT2D eigenvalue weighted by molar-refractivity contribution is -0.137. The third-order valence-corrected chi connectivity index (χ3v) is 7.44. The van der Waals surface area contributed by atoms with E-state index in [9.17, 15) is 27.2 Å². The zero-order chi connectivity index (χ0) is 24.9. The van der Waals surface area contributed by atoms with Gasteiger partial charge in [0.2, 0.25) is 0 Å². The van der Waals surface area contributed by atoms with Crippen molar-refractivity contribution in [3.05, 3.63) is 75.5 Å². The van der Waals surface area contributed by atoms with Crippen molar-refractivity contribution in [1.29, 1.82) is 0 Å². The van der Waals surface area contributed by atoms with Gasteiger partial charge in [0.05, 0.1) is 23.0 Å². The van der Waals surface area contributed by atoms with Gasteiger partial charge in [0.25, 0.3) is 11.5 Å². The van der Waals surface area contributed by atoms with Gasteiger partial charge < -0.3 is 18.8 Å². The Labute approximate surface area is 196 Å². The first kappa shape index (κ1) is 21.9. The monoisotopic (exact) mass is 488 g/mol. The molecule has 0 spiro atoms. The van der Waals surface area contributed by atoms with Crippen LogP contribution in [-0.4, -0.2) is 43.6 Å². The van der Waals surface area contributed by atoms with E-state index in [0.717, 1.165) is 11.8 Å². The maximum Gasteiger partial charge on any atom is 0.416 e. The van der Waals surface area contributed by atoms with Crippen molar-refractivity contribution in [2.75, 3.05) is 13.1 Å². The van der Waals surface area contributed by atoms with Gasteiger partial charge in [-0.25, -0.2) is 9.37 Å². The summed E-state index contributed by atoms with van der Waals surface area (Å²) in [4.78, 5) is 32.0. The summed E-state index contributed by atoms with van der Waals surface area (Å²) in [5.74, 6) is -1.66. The number of fused-ring (bicyclic) bond motifs is 4. The van der Waals surface area contributed by atoms with Gasteiger partial charge in [-0.1, -0.05) is 0 Å². The number of carbonyl (C=O) groups is 1. The third kappa shape index (κ3) is 2.99. The summed E-state index contributed by atoms with van der Waals surface area (Å²) in [6.07, 6.45) is -1.12. The Morgan fingerprint density at radius 2 is 1.94 bits per heavy atom. The number of pyridine rings is 1. The average Bonchev–Trinajstić information content (AvgIpc) is 3.03. The molecule has 3 aromatic rings. The second-order valence-electron chi connectivity index (χ2n) is 9.63. The van der Waals surface area contributed by atoms with Gasteiger partial charge in [-0.3, -0.25) is 9.59 Å². The molecule has 182 valence electrons. The Balaban J connectivity index is 1.34. The molecule has 0 N–H and O–H groups in total. The van der Waals surface area contributed by atoms with Crippen molar-refractivity contribution in [1.82, 2.24) is 19.0 Å². The smallest absolute Gasteiger partial charge is 0.416 e. The van der Waals surface area contributed by atoms with E-state index in [1.165, 1.54) is 15.8 Å². The van der Waals surface area contributed by atoms with E-state index in [-0.39, 0.29) is 42.2 Å². The van der Waals surface area contributed by atoms with Crippen LogP contribution in [0.25, 0.3) is 5.69 Å². The van der Waals surface area contributed by atoms with Crippen LogP contribution in [0.1, 0.15) is 40.7 Å². The number of aromatic nitrogens is 3. The minimum Gasteiger partial charge on any atom is -0.483 e. The summed E-state index contributed by atoms with van der Waals surface area (Å²) >= 11 is 0. The van der Waals surface area contributed by atoms with Crippen LogP contribution in [0, 0.1) is 12.7 Å². The summed E-state index contributed by atoms with van der Waals surface area (Å²) < 4.78 is 63.4. The highest BCUT2D eigenvalue weighted by molar-refractivity contribution is 5.93. The molecule has 1 aliphatic carbocycles. The molecule has 0 saturated heterocycles. The number of hydrogen-bond donors (Lipinski definition) is 0. The Morgan fingerprint density at radius 1 is 1.17 bits per heavy atom. The summed E-state index contributed by atoms with van der Waals surface area (Å²) in [7, 11) is 0. The van der Waals surface area contributed by atoms with Crippen LogP contribution in [0.15, 0.2) is 41.6 Å². The molecule has 0 bridgehead atoms. The second-order valence-corrected chi connectivity index (χ2v) is 9.63. The molecule has 2 aliphatic heterocycles. The number of imidazole rings is 1. The highest BCUT2D eigenvalue weighted by Crippen LogP contribution is 2.67. The number of nitrogens with zero attached hydrogens (tertiary/aromatic N) is 4. The van der Waals surface area contributed by atoms with E-state index in [1.807, 2.05) is 0 Å². The van der Waals surface area contributed by atoms with Gasteiger partial charge in [0, 0.05) is 37.8 Å². The number of halogens is 4. The zero-order valence-corrected chi connectivity index (χ0v) is 18.8. The topological polar surface area (TPSA) is 69.4 Å². The van der Waals surface area contributed by atoms with Crippen LogP contribution < -0.4 is 10.3 Å². The van der Waals surface area contributed by atoms with Crippen LogP contribution in [0.4, 0.5) is 17.6 Å². The molecule has 1 aromatic carbocycles. The minimum atomic E-state index is -4.71. The fourth-order valence-corrected chi connectivity index (χ4v) is 5.48. The van der Waals surface area contributed by atoms with E-state index in [1.54, 1.807) is 36.7 Å². The highest BCUT2D eigenvalue weighted by atomic mass is 19.4. The van der Waals surface area contributed by atoms with Crippen LogP contribution in [0.3, 0.4) is 0 Å². The maximum absolute atomic E-state index is 14.5. The van der Waals surface area contributed by atoms with Crippen molar-refractivity contribution < 1.29 is 27.1 Å². The highest BCUT2D eigenvalue weighted by Gasteiger charge is 2.74. The molecular formula is C24H20F4N4O3. The van der Waals surface area contributed by atoms with Gasteiger partial charge in [0.1, 0.15) is 17.0 Å². The van der Waals surface area contributed by atoms with Crippen LogP contribution in [0.2, 0.25) is 0 Å². The van der Waals surface area contributed by atoms with Crippen LogP contribution in [0.5, 0.6) is 5.75 Å². The predicted molar refractivity (Wildman–Crippen MR) is 115 cm³/mol. The molecule has 7 nitrogen and oxygen atoms in total. The molecule has 0 unspecified atom stereocenters. The number of rotatable bonds is 3. The van der Waals surface area contributed by atoms with Crippen molar-refractivity contribution in [3.63, 3.8) is 0 Å². The second kappa shape index (κ2) is 6.73. The number of amides is 1. The molecular weight excluding hydrogens is 468 g/mol. The third-order valence-electron chi connectivity index (χ3n) is 7.44. The quantitative estimate of drug-likeness (QED) is 0.530. The normalized spacial score (nSPS) is 24.6. The number of hydrogen-bond acceptors (Lipinski definition) is 4. The first-order valence-corrected chi connectivity index (χ1v) is 11.1. The summed E-state index contributed by atoms with van der Waals surface area (Å²) in [6.45, 7) is 3.98. The van der Waals surface area contributed by atoms with Gasteiger partial charge in [0.15, 0.2) is 11.6 Å². The largest absolute Gasteiger partial charge is 0.483 e. The molecule has 6 rings (SSSR count). The summed E-state index contributed by atoms with van der Waals surface area (Å²) in [5.41, 5.74) is -1.85. The van der Waals surface area contributed by atoms with Crippen molar-refractivity contribution in [2.24, 2.45) is 0 Å². The fraction of sp³-hybridized carbons (Fsp3) is 0.375. The molecule has 35 heavy (non-hydrogen) atoms. The zero-order valence-electron chi connectivity index (χ0n) is 18.8. The van der Waals surface area contributed by atoms with Crippen molar-refractivity contribution in [2.45, 2.75) is 44.0 Å². The maximum atomic E-state index is 14.5. The molecule has 0 radical (unpaired) electrons. The van der Waals surface area contributed by atoms with Gasteiger partial charge >= 0.3 is 6.18 Å². The lowest BCUT2D eigenvalue weighted by Gasteiger charge is -2.32. The Hall–Kier alpha value is -3.63. The number of ether oxygens (including phenoxy) is 1. The number of alkyl halides is 3. The van der Waals surface area contributed by atoms with E-state index < -0.39 is 34.5 Å². The van der Waals surface area contributed by atoms with Gasteiger partial charge in [-0.05, 0) is 38.1 Å². The van der Waals surface area contributed by atoms with Crippen LogP contribution in [-0.2, 0) is 18.1 Å². The Morgan fingerprint density at radius 3 is 2.63 bits per heavy atom. The number of aryl methyl sites for hydroxylation is 1. The average molecular weight is 488 g/mol. The summed E-state index contributed by atoms with van der Waals surface area (Å²) in [5, 5.41) is 0. The first-order chi connectivity index (χ1) is 16.4. The lowest BCUT2D eigenvalue weighted by Crippen LogP contribution is -2.48. The molecule has 1 amide bonds. The van der Waals surface area contributed by atoms with Gasteiger partial charge in [-0.15, -0.1) is 0 Å². The molecule has 11 heteroatoms. The number of carbonyl (C=O) groups excluding carboxylic acids is 1. The van der Waals surface area contributed by atoms with Crippen molar-refractivity contribution >= 4 is 5.91 Å². The van der Waals surface area contributed by atoms with Crippen LogP contribution >= 0.6 is 0 Å². The van der Waals surface area contributed by atoms with E-state index in [2.05, 4.69) is 4.98 Å². The SMILES string of the molecule is Cc1cn(-c2ccc3n(c2=O)CCN(C[C@]24C[C@@]2(C)Oc2c(F)cc(C(F)(F)F)cc24)C3=O)cn1. The van der Waals surface area contributed by atoms with Gasteiger partial charge in [-0.2, -0.15) is 13.2 Å². The molecule has 2 aromatic heterocycles. The van der Waals surface area contributed by atoms with E-state index in [4.69, 9.17) is 4.74 Å². The predicted octanol–water partition coefficient (Wildman–Crippen LogP) is 3.45. The Bertz CT molecular complexity index is 1480. The standard InChI is InChI=1S/C24H20F4N4O3/c1-13-9-31(12-29-13)17-3-4-18-20(33)30(5-6-32(18)21(17)34)11-23-10-22(23,2)35-19-15(23)7-14(8-16(19)25)24(26,27)28/h3-4,7-9,12H,5-6,10-11H2,1-2H3/t22-,23+/m1/s1. The van der Waals surface area contributed by atoms with E-state index in [0.29, 0.717) is 18.2 Å². The Kier molecular flexibility index (Phi) is 4.21. The van der Waals surface area contributed by atoms with Crippen molar-refractivity contribution in [3.8, 4) is 11.4 Å². The fourth-order valence-electron chi connectivity index (χ4n) is 5.48. The number of benzene rings is 1. The molecule has 3 aliphatic rings. The van der Waals surface area contributed by atoms with E-state index >= 15 is 0 Å². The first-order valence-electron chi connectivity index (χ1n) is 11.1. The molecule has 2 atom stereocenters.